The molecule has 20 heavy (non-hydrogen) atoms. The molecule has 1 heterocycles. The number of benzene rings is 1. The maximum absolute atomic E-state index is 5.76. The predicted molar refractivity (Wildman–Crippen MR) is 81.3 cm³/mol. The lowest BCUT2D eigenvalue weighted by Gasteiger charge is -2.31. The van der Waals surface area contributed by atoms with Crippen LogP contribution in [-0.2, 0) is 4.74 Å². The van der Waals surface area contributed by atoms with Gasteiger partial charge in [-0.15, -0.1) is 0 Å². The third-order valence-corrected chi connectivity index (χ3v) is 3.68. The predicted octanol–water partition coefficient (Wildman–Crippen LogP) is 2.07. The van der Waals surface area contributed by atoms with Crippen molar-refractivity contribution in [3.8, 4) is 5.75 Å². The van der Waals surface area contributed by atoms with E-state index in [1.807, 2.05) is 19.1 Å². The summed E-state index contributed by atoms with van der Waals surface area (Å²) < 4.78 is 11.2. The van der Waals surface area contributed by atoms with E-state index in [1.165, 1.54) is 5.56 Å². The number of hydrogen-bond donors (Lipinski definition) is 1. The molecule has 0 aliphatic carbocycles. The number of nitrogens with one attached hydrogen (secondary N) is 1. The third kappa shape index (κ3) is 4.47. The standard InChI is InChI=1S/C16H26N2O2/c1-4-19-15-7-5-14(6-8-15)13(2)17-11-16-12-18(3)9-10-20-16/h5-8,13,16-17H,4,9-12H2,1-3H3. The smallest absolute Gasteiger partial charge is 0.119 e. The van der Waals surface area contributed by atoms with E-state index in [9.17, 15) is 0 Å². The van der Waals surface area contributed by atoms with Crippen LogP contribution in [0.25, 0.3) is 0 Å². The van der Waals surface area contributed by atoms with Crippen LogP contribution in [0, 0.1) is 0 Å². The number of nitrogens with zero attached hydrogens (tertiary/aromatic N) is 1. The fraction of sp³-hybridized carbons (Fsp3) is 0.625. The van der Waals surface area contributed by atoms with E-state index in [4.69, 9.17) is 9.47 Å². The van der Waals surface area contributed by atoms with Crippen molar-refractivity contribution in [3.05, 3.63) is 29.8 Å². The summed E-state index contributed by atoms with van der Waals surface area (Å²) in [7, 11) is 2.14. The quantitative estimate of drug-likeness (QED) is 0.863. The van der Waals surface area contributed by atoms with Gasteiger partial charge in [-0.2, -0.15) is 0 Å². The molecule has 0 bridgehead atoms. The van der Waals surface area contributed by atoms with E-state index in [2.05, 4.69) is 36.3 Å². The van der Waals surface area contributed by atoms with Crippen LogP contribution in [0.5, 0.6) is 5.75 Å². The first-order chi connectivity index (χ1) is 9.69. The number of morpholine rings is 1. The average Bonchev–Trinajstić information content (AvgIpc) is 2.46. The minimum absolute atomic E-state index is 0.291. The van der Waals surface area contributed by atoms with Crippen LogP contribution in [0.4, 0.5) is 0 Å². The Hall–Kier alpha value is -1.10. The zero-order valence-corrected chi connectivity index (χ0v) is 12.8. The largest absolute Gasteiger partial charge is 0.494 e. The van der Waals surface area contributed by atoms with Crippen LogP contribution < -0.4 is 10.1 Å². The highest BCUT2D eigenvalue weighted by molar-refractivity contribution is 5.28. The Morgan fingerprint density at radius 2 is 2.15 bits per heavy atom. The Morgan fingerprint density at radius 3 is 2.80 bits per heavy atom. The molecule has 1 aromatic rings. The number of ether oxygens (including phenoxy) is 2. The first kappa shape index (κ1) is 15.3. The SMILES string of the molecule is CCOc1ccc(C(C)NCC2CN(C)CCO2)cc1. The summed E-state index contributed by atoms with van der Waals surface area (Å²) in [4.78, 5) is 2.32. The molecule has 1 saturated heterocycles. The Balaban J connectivity index is 1.80. The van der Waals surface area contributed by atoms with E-state index in [0.29, 0.717) is 18.8 Å². The lowest BCUT2D eigenvalue weighted by molar-refractivity contribution is -0.0190. The summed E-state index contributed by atoms with van der Waals surface area (Å²) in [5.41, 5.74) is 1.28. The number of rotatable bonds is 6. The Labute approximate surface area is 122 Å². The molecule has 112 valence electrons. The highest BCUT2D eigenvalue weighted by Gasteiger charge is 2.18. The molecular weight excluding hydrogens is 252 g/mol. The Morgan fingerprint density at radius 1 is 1.40 bits per heavy atom. The maximum atomic E-state index is 5.76. The average molecular weight is 278 g/mol. The molecule has 0 radical (unpaired) electrons. The van der Waals surface area contributed by atoms with Crippen LogP contribution in [0.1, 0.15) is 25.5 Å². The van der Waals surface area contributed by atoms with Gasteiger partial charge in [-0.1, -0.05) is 12.1 Å². The number of hydrogen-bond acceptors (Lipinski definition) is 4. The molecule has 1 N–H and O–H groups in total. The molecule has 2 atom stereocenters. The molecule has 4 heteroatoms. The second-order valence-electron chi connectivity index (χ2n) is 5.39. The van der Waals surface area contributed by atoms with Gasteiger partial charge in [-0.05, 0) is 38.6 Å². The molecule has 1 aromatic carbocycles. The van der Waals surface area contributed by atoms with Crippen molar-refractivity contribution >= 4 is 0 Å². The van der Waals surface area contributed by atoms with Crippen LogP contribution in [0.3, 0.4) is 0 Å². The van der Waals surface area contributed by atoms with Gasteiger partial charge in [0, 0.05) is 25.7 Å². The monoisotopic (exact) mass is 278 g/mol. The second-order valence-corrected chi connectivity index (χ2v) is 5.39. The Bertz CT molecular complexity index is 394. The van der Waals surface area contributed by atoms with Crippen molar-refractivity contribution in [1.29, 1.82) is 0 Å². The maximum Gasteiger partial charge on any atom is 0.119 e. The first-order valence-corrected chi connectivity index (χ1v) is 7.45. The molecule has 0 amide bonds. The molecule has 2 rings (SSSR count). The van der Waals surface area contributed by atoms with E-state index >= 15 is 0 Å². The van der Waals surface area contributed by atoms with Crippen LogP contribution >= 0.6 is 0 Å². The van der Waals surface area contributed by atoms with Crippen molar-refractivity contribution in [2.75, 3.05) is 39.9 Å². The van der Waals surface area contributed by atoms with Gasteiger partial charge in [0.25, 0.3) is 0 Å². The summed E-state index contributed by atoms with van der Waals surface area (Å²) in [5, 5.41) is 3.55. The van der Waals surface area contributed by atoms with E-state index < -0.39 is 0 Å². The van der Waals surface area contributed by atoms with Crippen LogP contribution in [0.15, 0.2) is 24.3 Å². The van der Waals surface area contributed by atoms with Crippen LogP contribution in [-0.4, -0.2) is 50.9 Å². The van der Waals surface area contributed by atoms with Crippen molar-refractivity contribution in [3.63, 3.8) is 0 Å². The normalized spacial score (nSPS) is 21.6. The highest BCUT2D eigenvalue weighted by atomic mass is 16.5. The molecule has 0 aromatic heterocycles. The van der Waals surface area contributed by atoms with E-state index in [-0.39, 0.29) is 0 Å². The van der Waals surface area contributed by atoms with Gasteiger partial charge in [0.2, 0.25) is 0 Å². The van der Waals surface area contributed by atoms with E-state index in [0.717, 1.165) is 32.0 Å². The molecule has 0 spiro atoms. The van der Waals surface area contributed by atoms with Gasteiger partial charge in [0.1, 0.15) is 5.75 Å². The Kier molecular flexibility index (Phi) is 5.83. The van der Waals surface area contributed by atoms with Crippen molar-refractivity contribution < 1.29 is 9.47 Å². The summed E-state index contributed by atoms with van der Waals surface area (Å²) in [5.74, 6) is 0.931. The lowest BCUT2D eigenvalue weighted by Crippen LogP contribution is -2.45. The second kappa shape index (κ2) is 7.62. The number of likely N-dealkylation sites (N-methyl/N-ethyl adjacent to an activating group) is 1. The van der Waals surface area contributed by atoms with Gasteiger partial charge in [-0.25, -0.2) is 0 Å². The van der Waals surface area contributed by atoms with Gasteiger partial charge in [0.05, 0.1) is 19.3 Å². The summed E-state index contributed by atoms with van der Waals surface area (Å²) in [6.45, 7) is 8.65. The molecule has 1 aliphatic heterocycles. The summed E-state index contributed by atoms with van der Waals surface area (Å²) in [6.07, 6.45) is 0.291. The summed E-state index contributed by atoms with van der Waals surface area (Å²) in [6, 6.07) is 8.62. The topological polar surface area (TPSA) is 33.7 Å². The molecule has 1 aliphatic rings. The minimum Gasteiger partial charge on any atom is -0.494 e. The van der Waals surface area contributed by atoms with Crippen molar-refractivity contribution in [2.45, 2.75) is 26.0 Å². The molecule has 4 nitrogen and oxygen atoms in total. The third-order valence-electron chi connectivity index (χ3n) is 3.68. The molecular formula is C16H26N2O2. The van der Waals surface area contributed by atoms with Crippen molar-refractivity contribution in [2.24, 2.45) is 0 Å². The summed E-state index contributed by atoms with van der Waals surface area (Å²) >= 11 is 0. The van der Waals surface area contributed by atoms with Gasteiger partial charge in [0.15, 0.2) is 0 Å². The molecule has 0 saturated carbocycles. The fourth-order valence-corrected chi connectivity index (χ4v) is 2.44. The highest BCUT2D eigenvalue weighted by Crippen LogP contribution is 2.17. The minimum atomic E-state index is 0.291. The van der Waals surface area contributed by atoms with Gasteiger partial charge in [-0.3, -0.25) is 0 Å². The van der Waals surface area contributed by atoms with Crippen molar-refractivity contribution in [1.82, 2.24) is 10.2 Å². The fourth-order valence-electron chi connectivity index (χ4n) is 2.44. The molecule has 1 fully saturated rings. The van der Waals surface area contributed by atoms with Crippen LogP contribution in [0.2, 0.25) is 0 Å². The van der Waals surface area contributed by atoms with Gasteiger partial charge < -0.3 is 19.7 Å². The molecule has 2 unspecified atom stereocenters. The first-order valence-electron chi connectivity index (χ1n) is 7.45. The zero-order valence-electron chi connectivity index (χ0n) is 12.8. The zero-order chi connectivity index (χ0) is 14.4. The van der Waals surface area contributed by atoms with E-state index in [1.54, 1.807) is 0 Å². The lowest BCUT2D eigenvalue weighted by atomic mass is 10.1. The van der Waals surface area contributed by atoms with Gasteiger partial charge >= 0.3 is 0 Å².